The van der Waals surface area contributed by atoms with E-state index >= 15 is 0 Å². The van der Waals surface area contributed by atoms with Crippen LogP contribution in [0.2, 0.25) is 5.02 Å². The predicted molar refractivity (Wildman–Crippen MR) is 153 cm³/mol. The molecule has 0 saturated heterocycles. The quantitative estimate of drug-likeness (QED) is 0.327. The number of rotatable bonds is 10. The Labute approximate surface area is 244 Å². The highest BCUT2D eigenvalue weighted by Gasteiger charge is 2.38. The van der Waals surface area contributed by atoms with Gasteiger partial charge in [-0.05, 0) is 63.1 Å². The maximum atomic E-state index is 13.6. The number of alkyl halides is 3. The fourth-order valence-corrected chi connectivity index (χ4v) is 4.49. The highest BCUT2D eigenvalue weighted by molar-refractivity contribution is 6.30. The zero-order chi connectivity index (χ0) is 30.6. The molecule has 2 aromatic rings. The van der Waals surface area contributed by atoms with Gasteiger partial charge in [0.05, 0.1) is 5.56 Å². The lowest BCUT2D eigenvalue weighted by atomic mass is 9.81. The number of hydrogen-bond donors (Lipinski definition) is 1. The van der Waals surface area contributed by atoms with Crippen LogP contribution in [0.4, 0.5) is 13.2 Å². The molecular weight excluding hydrogens is 557 g/mol. The summed E-state index contributed by atoms with van der Waals surface area (Å²) in [4.78, 5) is 27.0. The van der Waals surface area contributed by atoms with Crippen LogP contribution in [-0.4, -0.2) is 52.9 Å². The van der Waals surface area contributed by atoms with Crippen molar-refractivity contribution in [3.05, 3.63) is 82.6 Å². The standard InChI is InChI=1S/C30H36ClF3N4O3/c1-20-37(17-9-12-26(40)41-28(2,3)4)27(21-13-15-22(31)16-14-21)36-38(20)18-25(39)35-19-29(5,6)23-10-7-8-11-24(23)30(32,33)34/h7-8,10-11,13-16H,1,9,12,17-19H2,2-6H3,(H,35,39). The number of benzene rings is 2. The molecule has 0 aliphatic carbocycles. The Morgan fingerprint density at radius 3 is 2.20 bits per heavy atom. The second-order valence-electron chi connectivity index (χ2n) is 11.4. The molecule has 2 aromatic carbocycles. The van der Waals surface area contributed by atoms with Gasteiger partial charge in [0.2, 0.25) is 5.91 Å². The molecule has 222 valence electrons. The summed E-state index contributed by atoms with van der Waals surface area (Å²) in [6, 6.07) is 12.4. The van der Waals surface area contributed by atoms with Crippen molar-refractivity contribution >= 4 is 29.3 Å². The van der Waals surface area contributed by atoms with Crippen LogP contribution >= 0.6 is 11.6 Å². The monoisotopic (exact) mass is 592 g/mol. The number of ether oxygens (including phenoxy) is 1. The molecule has 0 aromatic heterocycles. The summed E-state index contributed by atoms with van der Waals surface area (Å²) in [5.41, 5.74) is -1.47. The van der Waals surface area contributed by atoms with Crippen LogP contribution < -0.4 is 5.32 Å². The summed E-state index contributed by atoms with van der Waals surface area (Å²) in [6.45, 7) is 13.0. The Bertz CT molecular complexity index is 1300. The number of carbonyl (C=O) groups excluding carboxylic acids is 2. The number of hydrazone groups is 1. The molecule has 0 radical (unpaired) electrons. The molecule has 0 bridgehead atoms. The Hall–Kier alpha value is -3.53. The minimum absolute atomic E-state index is 0.0212. The summed E-state index contributed by atoms with van der Waals surface area (Å²) < 4.78 is 46.1. The first kappa shape index (κ1) is 32.0. The number of esters is 1. The van der Waals surface area contributed by atoms with Crippen molar-refractivity contribution in [2.24, 2.45) is 5.10 Å². The van der Waals surface area contributed by atoms with E-state index in [-0.39, 0.29) is 31.0 Å². The normalized spacial score (nSPS) is 14.3. The highest BCUT2D eigenvalue weighted by atomic mass is 35.5. The van der Waals surface area contributed by atoms with Gasteiger partial charge in [0.15, 0.2) is 5.84 Å². The topological polar surface area (TPSA) is 74.2 Å². The van der Waals surface area contributed by atoms with E-state index in [1.807, 2.05) is 4.90 Å². The first-order chi connectivity index (χ1) is 19.0. The van der Waals surface area contributed by atoms with Gasteiger partial charge in [0, 0.05) is 35.5 Å². The Balaban J connectivity index is 1.70. The smallest absolute Gasteiger partial charge is 0.416 e. The van der Waals surface area contributed by atoms with Crippen molar-refractivity contribution in [2.45, 2.75) is 64.7 Å². The van der Waals surface area contributed by atoms with Crippen molar-refractivity contribution in [3.63, 3.8) is 0 Å². The van der Waals surface area contributed by atoms with Crippen molar-refractivity contribution < 1.29 is 27.5 Å². The third-order valence-electron chi connectivity index (χ3n) is 6.35. The van der Waals surface area contributed by atoms with Gasteiger partial charge in [-0.3, -0.25) is 9.59 Å². The van der Waals surface area contributed by atoms with E-state index in [0.717, 1.165) is 11.6 Å². The molecule has 1 amide bonds. The molecule has 0 unspecified atom stereocenters. The Morgan fingerprint density at radius 2 is 1.61 bits per heavy atom. The van der Waals surface area contributed by atoms with Gasteiger partial charge in [0.25, 0.3) is 0 Å². The number of nitrogens with zero attached hydrogens (tertiary/aromatic N) is 3. The van der Waals surface area contributed by atoms with E-state index in [1.165, 1.54) is 17.1 Å². The van der Waals surface area contributed by atoms with Crippen LogP contribution in [0.15, 0.2) is 66.0 Å². The second-order valence-corrected chi connectivity index (χ2v) is 11.9. The first-order valence-electron chi connectivity index (χ1n) is 13.2. The number of carbonyl (C=O) groups is 2. The Morgan fingerprint density at radius 1 is 1.00 bits per heavy atom. The van der Waals surface area contributed by atoms with E-state index in [4.69, 9.17) is 16.3 Å². The van der Waals surface area contributed by atoms with Crippen molar-refractivity contribution in [3.8, 4) is 0 Å². The zero-order valence-corrected chi connectivity index (χ0v) is 24.7. The van der Waals surface area contributed by atoms with Crippen molar-refractivity contribution in [1.29, 1.82) is 0 Å². The number of halogens is 4. The summed E-state index contributed by atoms with van der Waals surface area (Å²) in [5, 5.41) is 9.34. The molecule has 1 aliphatic rings. The number of amides is 1. The van der Waals surface area contributed by atoms with Crippen LogP contribution in [0.5, 0.6) is 0 Å². The molecule has 41 heavy (non-hydrogen) atoms. The lowest BCUT2D eigenvalue weighted by molar-refractivity contribution is -0.155. The van der Waals surface area contributed by atoms with Gasteiger partial charge in [-0.25, -0.2) is 5.01 Å². The first-order valence-corrected chi connectivity index (χ1v) is 13.6. The highest BCUT2D eigenvalue weighted by Crippen LogP contribution is 2.37. The third-order valence-corrected chi connectivity index (χ3v) is 6.60. The SMILES string of the molecule is C=C1N(CC(=O)NCC(C)(C)c2ccccc2C(F)(F)F)N=C(c2ccc(Cl)cc2)N1CCCC(=O)OC(C)(C)C. The molecule has 0 spiro atoms. The van der Waals surface area contributed by atoms with Gasteiger partial charge in [-0.2, -0.15) is 18.3 Å². The number of hydrogen-bond acceptors (Lipinski definition) is 6. The molecule has 1 heterocycles. The largest absolute Gasteiger partial charge is 0.460 e. The van der Waals surface area contributed by atoms with Crippen molar-refractivity contribution in [1.82, 2.24) is 15.2 Å². The zero-order valence-electron chi connectivity index (χ0n) is 23.9. The summed E-state index contributed by atoms with van der Waals surface area (Å²) in [5.74, 6) is 0.204. The van der Waals surface area contributed by atoms with Crippen LogP contribution in [-0.2, 0) is 25.9 Å². The average molecular weight is 593 g/mol. The number of nitrogens with one attached hydrogen (secondary N) is 1. The maximum Gasteiger partial charge on any atom is 0.416 e. The van der Waals surface area contributed by atoms with Crippen LogP contribution in [0, 0.1) is 0 Å². The van der Waals surface area contributed by atoms with E-state index in [2.05, 4.69) is 17.0 Å². The molecule has 0 fully saturated rings. The van der Waals surface area contributed by atoms with Gasteiger partial charge < -0.3 is 15.0 Å². The molecule has 7 nitrogen and oxygen atoms in total. The predicted octanol–water partition coefficient (Wildman–Crippen LogP) is 6.33. The third kappa shape index (κ3) is 8.73. The summed E-state index contributed by atoms with van der Waals surface area (Å²) in [7, 11) is 0. The summed E-state index contributed by atoms with van der Waals surface area (Å²) >= 11 is 6.05. The lowest BCUT2D eigenvalue weighted by Gasteiger charge is -2.29. The second kappa shape index (κ2) is 12.5. The van der Waals surface area contributed by atoms with Crippen LogP contribution in [0.25, 0.3) is 0 Å². The molecule has 1 aliphatic heterocycles. The van der Waals surface area contributed by atoms with E-state index in [9.17, 15) is 22.8 Å². The molecule has 3 rings (SSSR count). The van der Waals surface area contributed by atoms with Gasteiger partial charge in [-0.15, -0.1) is 0 Å². The molecule has 1 N–H and O–H groups in total. The van der Waals surface area contributed by atoms with Crippen LogP contribution in [0.1, 0.15) is 64.2 Å². The Kier molecular flexibility index (Phi) is 9.79. The lowest BCUT2D eigenvalue weighted by Crippen LogP contribution is -2.41. The minimum Gasteiger partial charge on any atom is -0.460 e. The van der Waals surface area contributed by atoms with Gasteiger partial charge in [-0.1, -0.05) is 50.2 Å². The molecule has 0 saturated carbocycles. The summed E-state index contributed by atoms with van der Waals surface area (Å²) in [6.07, 6.45) is -3.87. The maximum absolute atomic E-state index is 13.6. The fraction of sp³-hybridized carbons (Fsp3) is 0.433. The van der Waals surface area contributed by atoms with E-state index in [0.29, 0.717) is 29.6 Å². The minimum atomic E-state index is -4.51. The fourth-order valence-electron chi connectivity index (χ4n) is 4.36. The molecule has 11 heteroatoms. The van der Waals surface area contributed by atoms with Gasteiger partial charge in [0.1, 0.15) is 18.0 Å². The van der Waals surface area contributed by atoms with E-state index < -0.39 is 28.7 Å². The van der Waals surface area contributed by atoms with Crippen LogP contribution in [0.3, 0.4) is 0 Å². The van der Waals surface area contributed by atoms with E-state index in [1.54, 1.807) is 65.0 Å². The molecule has 0 atom stereocenters. The average Bonchev–Trinajstić information content (AvgIpc) is 3.16. The number of amidine groups is 1. The molecular formula is C30H36ClF3N4O3. The van der Waals surface area contributed by atoms with Crippen molar-refractivity contribution in [2.75, 3.05) is 19.6 Å². The van der Waals surface area contributed by atoms with Gasteiger partial charge >= 0.3 is 12.1 Å².